The van der Waals surface area contributed by atoms with Gasteiger partial charge in [0.2, 0.25) is 0 Å². The van der Waals surface area contributed by atoms with Crippen molar-refractivity contribution in [2.75, 3.05) is 5.88 Å². The zero-order valence-electron chi connectivity index (χ0n) is 12.0. The van der Waals surface area contributed by atoms with Crippen LogP contribution in [-0.4, -0.2) is 39.3 Å². The number of rotatable bonds is 5. The smallest absolute Gasteiger partial charge is 0.408 e. The van der Waals surface area contributed by atoms with E-state index in [1.165, 1.54) is 4.90 Å². The minimum atomic E-state index is -1.11. The molecule has 20 heavy (non-hydrogen) atoms. The van der Waals surface area contributed by atoms with E-state index in [9.17, 15) is 14.7 Å². The summed E-state index contributed by atoms with van der Waals surface area (Å²) in [7, 11) is 0. The summed E-state index contributed by atoms with van der Waals surface area (Å²) in [5.74, 6) is -0.481. The van der Waals surface area contributed by atoms with E-state index in [0.717, 1.165) is 5.56 Å². The molecule has 0 bridgehead atoms. The van der Waals surface area contributed by atoms with Gasteiger partial charge in [0.05, 0.1) is 11.9 Å². The molecule has 1 atom stereocenters. The molecule has 5 heteroatoms. The minimum absolute atomic E-state index is 0.197. The van der Waals surface area contributed by atoms with Crippen LogP contribution < -0.4 is 0 Å². The van der Waals surface area contributed by atoms with Gasteiger partial charge in [-0.25, -0.2) is 4.79 Å². The second kappa shape index (κ2) is 6.75. The Labute approximate surface area is 124 Å². The molecule has 0 radical (unpaired) electrons. The van der Waals surface area contributed by atoms with Gasteiger partial charge < -0.3 is 5.11 Å². The van der Waals surface area contributed by atoms with Gasteiger partial charge in [0.15, 0.2) is 5.78 Å². The van der Waals surface area contributed by atoms with Crippen LogP contribution in [0.15, 0.2) is 30.3 Å². The molecule has 0 aliphatic heterocycles. The standard InChI is InChI=1S/C15H20ClNO3/c1-15(2,3)17(14(19)20)12(13(18)10-16)9-11-7-5-4-6-8-11/h4-8,12H,9-10H2,1-3H3,(H,19,20)/t12-/m1/s1. The van der Waals surface area contributed by atoms with Gasteiger partial charge in [0.25, 0.3) is 0 Å². The largest absolute Gasteiger partial charge is 0.465 e. The van der Waals surface area contributed by atoms with Crippen molar-refractivity contribution in [3.05, 3.63) is 35.9 Å². The van der Waals surface area contributed by atoms with Gasteiger partial charge in [-0.3, -0.25) is 9.69 Å². The Morgan fingerprint density at radius 3 is 2.20 bits per heavy atom. The first-order valence-electron chi connectivity index (χ1n) is 6.42. The number of carboxylic acid groups (broad SMARTS) is 1. The molecular weight excluding hydrogens is 278 g/mol. The fourth-order valence-corrected chi connectivity index (χ4v) is 2.34. The summed E-state index contributed by atoms with van der Waals surface area (Å²) in [5, 5.41) is 9.43. The SMILES string of the molecule is CC(C)(C)N(C(=O)O)[C@H](Cc1ccccc1)C(=O)CCl. The van der Waals surface area contributed by atoms with Crippen molar-refractivity contribution in [3.8, 4) is 0 Å². The van der Waals surface area contributed by atoms with E-state index in [4.69, 9.17) is 11.6 Å². The average molecular weight is 298 g/mol. The molecule has 0 saturated carbocycles. The van der Waals surface area contributed by atoms with E-state index in [-0.39, 0.29) is 11.7 Å². The third-order valence-corrected chi connectivity index (χ3v) is 3.28. The van der Waals surface area contributed by atoms with Crippen molar-refractivity contribution >= 4 is 23.5 Å². The first-order chi connectivity index (χ1) is 9.27. The summed E-state index contributed by atoms with van der Waals surface area (Å²) in [6, 6.07) is 8.57. The van der Waals surface area contributed by atoms with Gasteiger partial charge in [-0.1, -0.05) is 30.3 Å². The molecule has 1 N–H and O–H groups in total. The second-order valence-corrected chi connectivity index (χ2v) is 5.90. The Balaban J connectivity index is 3.11. The molecule has 0 aliphatic rings. The number of halogens is 1. The van der Waals surface area contributed by atoms with Crippen LogP contribution in [0.1, 0.15) is 26.3 Å². The number of hydrogen-bond acceptors (Lipinski definition) is 2. The van der Waals surface area contributed by atoms with Crippen molar-refractivity contribution in [2.24, 2.45) is 0 Å². The lowest BCUT2D eigenvalue weighted by molar-refractivity contribution is -0.123. The molecule has 1 rings (SSSR count). The molecular formula is C15H20ClNO3. The van der Waals surface area contributed by atoms with E-state index < -0.39 is 17.7 Å². The molecule has 110 valence electrons. The Morgan fingerprint density at radius 2 is 1.80 bits per heavy atom. The van der Waals surface area contributed by atoms with E-state index >= 15 is 0 Å². The van der Waals surface area contributed by atoms with Crippen LogP contribution in [0.25, 0.3) is 0 Å². The van der Waals surface area contributed by atoms with Gasteiger partial charge in [-0.2, -0.15) is 0 Å². The normalized spacial score (nSPS) is 12.8. The first-order valence-corrected chi connectivity index (χ1v) is 6.95. The number of hydrogen-bond donors (Lipinski definition) is 1. The van der Waals surface area contributed by atoms with Crippen molar-refractivity contribution in [3.63, 3.8) is 0 Å². The van der Waals surface area contributed by atoms with Crippen LogP contribution in [0, 0.1) is 0 Å². The van der Waals surface area contributed by atoms with E-state index in [0.29, 0.717) is 6.42 Å². The van der Waals surface area contributed by atoms with Crippen LogP contribution in [-0.2, 0) is 11.2 Å². The summed E-state index contributed by atoms with van der Waals surface area (Å²) < 4.78 is 0. The number of nitrogens with zero attached hydrogens (tertiary/aromatic N) is 1. The van der Waals surface area contributed by atoms with Crippen LogP contribution >= 0.6 is 11.6 Å². The Hall–Kier alpha value is -1.55. The lowest BCUT2D eigenvalue weighted by Gasteiger charge is -2.38. The lowest BCUT2D eigenvalue weighted by atomic mass is 9.96. The second-order valence-electron chi connectivity index (χ2n) is 5.63. The number of alkyl halides is 1. The molecule has 0 saturated heterocycles. The monoisotopic (exact) mass is 297 g/mol. The van der Waals surface area contributed by atoms with Gasteiger partial charge in [0.1, 0.15) is 0 Å². The quantitative estimate of drug-likeness (QED) is 0.849. The molecule has 1 aromatic rings. The maximum atomic E-state index is 12.1. The highest BCUT2D eigenvalue weighted by Crippen LogP contribution is 2.21. The van der Waals surface area contributed by atoms with Crippen LogP contribution in [0.2, 0.25) is 0 Å². The Kier molecular flexibility index (Phi) is 5.57. The molecule has 0 aliphatic carbocycles. The number of carbonyl (C=O) groups is 2. The molecule has 0 fully saturated rings. The molecule has 1 aromatic carbocycles. The highest BCUT2D eigenvalue weighted by atomic mass is 35.5. The molecule has 0 heterocycles. The van der Waals surface area contributed by atoms with Gasteiger partial charge in [-0.15, -0.1) is 11.6 Å². The van der Waals surface area contributed by atoms with Crippen LogP contribution in [0.4, 0.5) is 4.79 Å². The van der Waals surface area contributed by atoms with Crippen molar-refractivity contribution < 1.29 is 14.7 Å². The number of amides is 1. The fourth-order valence-electron chi connectivity index (χ4n) is 2.16. The molecule has 0 aromatic heterocycles. The van der Waals surface area contributed by atoms with Gasteiger partial charge in [-0.05, 0) is 26.3 Å². The van der Waals surface area contributed by atoms with Crippen LogP contribution in [0.3, 0.4) is 0 Å². The maximum Gasteiger partial charge on any atom is 0.408 e. The highest BCUT2D eigenvalue weighted by Gasteiger charge is 2.36. The predicted octanol–water partition coefficient (Wildman–Crippen LogP) is 3.18. The highest BCUT2D eigenvalue weighted by molar-refractivity contribution is 6.28. The summed E-state index contributed by atoms with van der Waals surface area (Å²) in [4.78, 5) is 24.8. The molecule has 0 spiro atoms. The van der Waals surface area contributed by atoms with Crippen molar-refractivity contribution in [1.82, 2.24) is 4.90 Å². The molecule has 1 amide bonds. The summed E-state index contributed by atoms with van der Waals surface area (Å²) >= 11 is 5.64. The zero-order chi connectivity index (χ0) is 15.3. The summed E-state index contributed by atoms with van der Waals surface area (Å²) in [5.41, 5.74) is 0.235. The van der Waals surface area contributed by atoms with Gasteiger partial charge in [0, 0.05) is 12.0 Å². The predicted molar refractivity (Wildman–Crippen MR) is 79.3 cm³/mol. The lowest BCUT2D eigenvalue weighted by Crippen LogP contribution is -2.55. The average Bonchev–Trinajstić information content (AvgIpc) is 2.36. The first kappa shape index (κ1) is 16.5. The number of ketones is 1. The van der Waals surface area contributed by atoms with E-state index in [1.54, 1.807) is 20.8 Å². The Bertz CT molecular complexity index is 468. The zero-order valence-corrected chi connectivity index (χ0v) is 12.7. The van der Waals surface area contributed by atoms with E-state index in [1.807, 2.05) is 30.3 Å². The Morgan fingerprint density at radius 1 is 1.25 bits per heavy atom. The summed E-state index contributed by atoms with van der Waals surface area (Å²) in [6.07, 6.45) is -0.785. The fraction of sp³-hybridized carbons (Fsp3) is 0.467. The molecule has 0 unspecified atom stereocenters. The number of benzene rings is 1. The third-order valence-electron chi connectivity index (χ3n) is 3.02. The topological polar surface area (TPSA) is 57.6 Å². The molecule has 4 nitrogen and oxygen atoms in total. The van der Waals surface area contributed by atoms with Crippen molar-refractivity contribution in [2.45, 2.75) is 38.8 Å². The van der Waals surface area contributed by atoms with E-state index in [2.05, 4.69) is 0 Å². The van der Waals surface area contributed by atoms with Gasteiger partial charge >= 0.3 is 6.09 Å². The van der Waals surface area contributed by atoms with Crippen molar-refractivity contribution in [1.29, 1.82) is 0 Å². The minimum Gasteiger partial charge on any atom is -0.465 e. The maximum absolute atomic E-state index is 12.1. The third kappa shape index (κ3) is 4.23. The summed E-state index contributed by atoms with van der Waals surface area (Å²) in [6.45, 7) is 5.29. The van der Waals surface area contributed by atoms with Crippen LogP contribution in [0.5, 0.6) is 0 Å². The number of Topliss-reactive ketones (excluding diaryl/α,β-unsaturated/α-hetero) is 1. The number of carbonyl (C=O) groups excluding carboxylic acids is 1.